The lowest BCUT2D eigenvalue weighted by atomic mass is 10.1. The quantitative estimate of drug-likeness (QED) is 0.472. The number of carbonyl (C=O) groups is 1. The Bertz CT molecular complexity index is 589. The van der Waals surface area contributed by atoms with Gasteiger partial charge in [-0.25, -0.2) is 0 Å². The van der Waals surface area contributed by atoms with Crippen LogP contribution in [0.2, 0.25) is 0 Å². The maximum absolute atomic E-state index is 11.8. The number of carbonyl (C=O) groups excluding carboxylic acids is 1. The Morgan fingerprint density at radius 1 is 1.45 bits per heavy atom. The third kappa shape index (κ3) is 5.90. The summed E-state index contributed by atoms with van der Waals surface area (Å²) in [4.78, 5) is 28.0. The summed E-state index contributed by atoms with van der Waals surface area (Å²) < 4.78 is 5.22. The van der Waals surface area contributed by atoms with Gasteiger partial charge in [0.1, 0.15) is 11.8 Å². The third-order valence-corrected chi connectivity index (χ3v) is 2.46. The van der Waals surface area contributed by atoms with Crippen molar-refractivity contribution in [3.05, 3.63) is 39.8 Å². The Kier molecular flexibility index (Phi) is 5.62. The predicted molar refractivity (Wildman–Crippen MR) is 83.2 cm³/mol. The van der Waals surface area contributed by atoms with E-state index in [9.17, 15) is 14.9 Å². The van der Waals surface area contributed by atoms with Crippen LogP contribution in [0.25, 0.3) is 6.08 Å². The first-order valence-corrected chi connectivity index (χ1v) is 6.78. The topological polar surface area (TPSA) is 85.6 Å². The molecular formula is C15H21N3O4. The largest absolute Gasteiger partial charge is 0.460 e. The van der Waals surface area contributed by atoms with Crippen LogP contribution in [0.5, 0.6) is 0 Å². The fourth-order valence-corrected chi connectivity index (χ4v) is 1.65. The van der Waals surface area contributed by atoms with Gasteiger partial charge in [0.25, 0.3) is 5.69 Å². The summed E-state index contributed by atoms with van der Waals surface area (Å²) in [5, 5.41) is 11.0. The molecule has 22 heavy (non-hydrogen) atoms. The summed E-state index contributed by atoms with van der Waals surface area (Å²) in [5.74, 6) is -0.420. The molecule has 0 aliphatic heterocycles. The molecule has 0 bridgehead atoms. The Balaban J connectivity index is 3.01. The second-order valence-corrected chi connectivity index (χ2v) is 6.03. The molecule has 0 unspecified atom stereocenters. The predicted octanol–water partition coefficient (Wildman–Crippen LogP) is 2.41. The van der Waals surface area contributed by atoms with Gasteiger partial charge in [-0.3, -0.25) is 19.9 Å². The van der Waals surface area contributed by atoms with Crippen LogP contribution in [0.4, 0.5) is 5.69 Å². The minimum Gasteiger partial charge on any atom is -0.460 e. The van der Waals surface area contributed by atoms with Gasteiger partial charge in [0.2, 0.25) is 0 Å². The molecule has 1 rings (SSSR count). The van der Waals surface area contributed by atoms with Crippen molar-refractivity contribution in [1.82, 2.24) is 9.88 Å². The summed E-state index contributed by atoms with van der Waals surface area (Å²) in [6, 6.07) is 1.53. The standard InChI is InChI=1S/C15H21N3O4/c1-15(2,3)22-14(19)9-12-8-11(6-7-17(4)5)13(10-16-12)18(20)21/h6-8,10H,9H2,1-5H3/b7-6+. The highest BCUT2D eigenvalue weighted by atomic mass is 16.6. The van der Waals surface area contributed by atoms with Crippen molar-refractivity contribution in [1.29, 1.82) is 0 Å². The van der Waals surface area contributed by atoms with Crippen LogP contribution in [-0.4, -0.2) is 40.5 Å². The van der Waals surface area contributed by atoms with Crippen molar-refractivity contribution >= 4 is 17.7 Å². The van der Waals surface area contributed by atoms with Crippen LogP contribution >= 0.6 is 0 Å². The SMILES string of the molecule is CN(C)/C=C/c1cc(CC(=O)OC(C)(C)C)ncc1[N+](=O)[O-]. The molecule has 0 N–H and O–H groups in total. The number of aromatic nitrogens is 1. The second kappa shape index (κ2) is 7.02. The van der Waals surface area contributed by atoms with Crippen molar-refractivity contribution in [2.45, 2.75) is 32.8 Å². The second-order valence-electron chi connectivity index (χ2n) is 6.03. The number of rotatable bonds is 5. The third-order valence-electron chi connectivity index (χ3n) is 2.46. The molecule has 1 aromatic heterocycles. The molecule has 0 saturated carbocycles. The lowest BCUT2D eigenvalue weighted by Gasteiger charge is -2.19. The molecule has 7 heteroatoms. The van der Waals surface area contributed by atoms with Crippen LogP contribution in [0, 0.1) is 10.1 Å². The summed E-state index contributed by atoms with van der Waals surface area (Å²) in [5.41, 5.74) is 0.141. The van der Waals surface area contributed by atoms with Crippen LogP contribution in [0.15, 0.2) is 18.5 Å². The molecule has 1 aromatic rings. The van der Waals surface area contributed by atoms with E-state index in [-0.39, 0.29) is 12.1 Å². The lowest BCUT2D eigenvalue weighted by molar-refractivity contribution is -0.385. The smallest absolute Gasteiger partial charge is 0.312 e. The van der Waals surface area contributed by atoms with Crippen LogP contribution in [0.1, 0.15) is 32.0 Å². The molecule has 0 aliphatic rings. The molecule has 120 valence electrons. The molecule has 0 aromatic carbocycles. The molecular weight excluding hydrogens is 286 g/mol. The Morgan fingerprint density at radius 2 is 2.09 bits per heavy atom. The van der Waals surface area contributed by atoms with Gasteiger partial charge in [0.05, 0.1) is 22.6 Å². The van der Waals surface area contributed by atoms with Gasteiger partial charge in [-0.1, -0.05) is 0 Å². The van der Waals surface area contributed by atoms with E-state index in [1.54, 1.807) is 37.9 Å². The fourth-order valence-electron chi connectivity index (χ4n) is 1.65. The van der Waals surface area contributed by atoms with E-state index >= 15 is 0 Å². The normalized spacial score (nSPS) is 11.5. The van der Waals surface area contributed by atoms with Gasteiger partial charge in [0, 0.05) is 14.1 Å². The number of pyridine rings is 1. The number of hydrogen-bond donors (Lipinski definition) is 0. The molecule has 0 atom stereocenters. The van der Waals surface area contributed by atoms with Gasteiger partial charge in [-0.05, 0) is 39.1 Å². The average molecular weight is 307 g/mol. The summed E-state index contributed by atoms with van der Waals surface area (Å²) >= 11 is 0. The maximum Gasteiger partial charge on any atom is 0.312 e. The van der Waals surface area contributed by atoms with Crippen LogP contribution < -0.4 is 0 Å². The monoisotopic (exact) mass is 307 g/mol. The zero-order valence-corrected chi connectivity index (χ0v) is 13.5. The first-order valence-electron chi connectivity index (χ1n) is 6.78. The molecule has 1 heterocycles. The van der Waals surface area contributed by atoms with E-state index in [0.717, 1.165) is 6.20 Å². The van der Waals surface area contributed by atoms with Gasteiger partial charge >= 0.3 is 5.97 Å². The lowest BCUT2D eigenvalue weighted by Crippen LogP contribution is -2.25. The minimum atomic E-state index is -0.578. The van der Waals surface area contributed by atoms with Gasteiger partial charge in [0.15, 0.2) is 0 Å². The van der Waals surface area contributed by atoms with Gasteiger partial charge < -0.3 is 9.64 Å². The molecule has 0 fully saturated rings. The zero-order chi connectivity index (χ0) is 16.9. The zero-order valence-electron chi connectivity index (χ0n) is 13.5. The van der Waals surface area contributed by atoms with Crippen LogP contribution in [0.3, 0.4) is 0 Å². The fraction of sp³-hybridized carbons (Fsp3) is 0.467. The van der Waals surface area contributed by atoms with E-state index in [1.807, 2.05) is 14.1 Å². The summed E-state index contributed by atoms with van der Waals surface area (Å²) in [6.45, 7) is 5.33. The van der Waals surface area contributed by atoms with E-state index in [4.69, 9.17) is 4.74 Å². The molecule has 7 nitrogen and oxygen atoms in total. The van der Waals surface area contributed by atoms with Crippen molar-refractivity contribution in [3.8, 4) is 0 Å². The highest BCUT2D eigenvalue weighted by Gasteiger charge is 2.19. The number of nitrogens with zero attached hydrogens (tertiary/aromatic N) is 3. The number of ether oxygens (including phenoxy) is 1. The first kappa shape index (κ1) is 17.6. The summed E-state index contributed by atoms with van der Waals surface area (Å²) in [7, 11) is 3.62. The van der Waals surface area contributed by atoms with Crippen molar-refractivity contribution in [3.63, 3.8) is 0 Å². The number of nitro groups is 1. The van der Waals surface area contributed by atoms with E-state index in [1.165, 1.54) is 6.07 Å². The van der Waals surface area contributed by atoms with Gasteiger partial charge in [-0.15, -0.1) is 0 Å². The Hall–Kier alpha value is -2.44. The first-order chi connectivity index (χ1) is 10.1. The van der Waals surface area contributed by atoms with Crippen molar-refractivity contribution in [2.75, 3.05) is 14.1 Å². The molecule has 0 spiro atoms. The Morgan fingerprint density at radius 3 is 2.59 bits per heavy atom. The number of esters is 1. The minimum absolute atomic E-state index is 0.0297. The van der Waals surface area contributed by atoms with Crippen molar-refractivity contribution < 1.29 is 14.5 Å². The van der Waals surface area contributed by atoms with Gasteiger partial charge in [-0.2, -0.15) is 0 Å². The molecule has 0 aliphatic carbocycles. The average Bonchev–Trinajstić information content (AvgIpc) is 2.33. The van der Waals surface area contributed by atoms with Crippen LogP contribution in [-0.2, 0) is 16.0 Å². The molecule has 0 amide bonds. The Labute approximate surface area is 129 Å². The summed E-state index contributed by atoms with van der Waals surface area (Å²) in [6.07, 6.45) is 4.44. The van der Waals surface area contributed by atoms with Crippen molar-refractivity contribution in [2.24, 2.45) is 0 Å². The number of hydrogen-bond acceptors (Lipinski definition) is 6. The highest BCUT2D eigenvalue weighted by molar-refractivity contribution is 5.73. The highest BCUT2D eigenvalue weighted by Crippen LogP contribution is 2.20. The van der Waals surface area contributed by atoms with E-state index < -0.39 is 16.5 Å². The van der Waals surface area contributed by atoms with E-state index in [0.29, 0.717) is 11.3 Å². The maximum atomic E-state index is 11.8. The molecule has 0 saturated heterocycles. The molecule has 0 radical (unpaired) electrons. The van der Waals surface area contributed by atoms with E-state index in [2.05, 4.69) is 4.98 Å².